The Morgan fingerprint density at radius 3 is 2.91 bits per heavy atom. The average Bonchev–Trinajstić information content (AvgIpc) is 3.19. The van der Waals surface area contributed by atoms with E-state index in [1.54, 1.807) is 11.3 Å². The number of benzene rings is 1. The highest BCUT2D eigenvalue weighted by Crippen LogP contribution is 2.21. The number of aromatic nitrogens is 1. The molecule has 2 heterocycles. The van der Waals surface area contributed by atoms with Crippen molar-refractivity contribution < 1.29 is 0 Å². The van der Waals surface area contributed by atoms with Gasteiger partial charge in [0.2, 0.25) is 0 Å². The first-order valence-electron chi connectivity index (χ1n) is 8.15. The van der Waals surface area contributed by atoms with E-state index in [1.165, 1.54) is 16.9 Å². The molecule has 1 unspecified atom stereocenters. The molecule has 0 aliphatic carbocycles. The third-order valence-corrected chi connectivity index (χ3v) is 5.14. The SMILES string of the molecule is CN=C(NCc1ncc(C)s1)N1CCC(Cc2ccccc2)C1. The molecule has 1 fully saturated rings. The van der Waals surface area contributed by atoms with Gasteiger partial charge in [-0.15, -0.1) is 11.3 Å². The standard InChI is InChI=1S/C18H24N4S/c1-14-11-20-17(23-14)12-21-18(19-2)22-9-8-16(13-22)10-15-6-4-3-5-7-15/h3-7,11,16H,8-10,12-13H2,1-2H3,(H,19,21). The summed E-state index contributed by atoms with van der Waals surface area (Å²) in [7, 11) is 1.86. The number of aliphatic imine (C=N–C) groups is 1. The van der Waals surface area contributed by atoms with Gasteiger partial charge in [0.1, 0.15) is 5.01 Å². The second-order valence-corrected chi connectivity index (χ2v) is 7.38. The zero-order chi connectivity index (χ0) is 16.1. The Bertz CT molecular complexity index is 650. The predicted octanol–water partition coefficient (Wildman–Crippen LogP) is 3.09. The highest BCUT2D eigenvalue weighted by atomic mass is 32.1. The van der Waals surface area contributed by atoms with Gasteiger partial charge in [-0.05, 0) is 31.2 Å². The van der Waals surface area contributed by atoms with E-state index in [4.69, 9.17) is 0 Å². The fourth-order valence-corrected chi connectivity index (χ4v) is 3.84. The summed E-state index contributed by atoms with van der Waals surface area (Å²) < 4.78 is 0. The first kappa shape index (κ1) is 16.0. The first-order valence-corrected chi connectivity index (χ1v) is 8.97. The number of nitrogens with zero attached hydrogens (tertiary/aromatic N) is 3. The van der Waals surface area contributed by atoms with Crippen molar-refractivity contribution in [3.8, 4) is 0 Å². The van der Waals surface area contributed by atoms with E-state index < -0.39 is 0 Å². The topological polar surface area (TPSA) is 40.5 Å². The van der Waals surface area contributed by atoms with Gasteiger partial charge in [0.25, 0.3) is 0 Å². The lowest BCUT2D eigenvalue weighted by molar-refractivity contribution is 0.459. The van der Waals surface area contributed by atoms with Crippen LogP contribution < -0.4 is 5.32 Å². The third kappa shape index (κ3) is 4.32. The number of likely N-dealkylation sites (tertiary alicyclic amines) is 1. The number of hydrogen-bond donors (Lipinski definition) is 1. The summed E-state index contributed by atoms with van der Waals surface area (Å²) in [5.41, 5.74) is 1.43. The maximum atomic E-state index is 4.44. The monoisotopic (exact) mass is 328 g/mol. The summed E-state index contributed by atoms with van der Waals surface area (Å²) in [6, 6.07) is 10.8. The van der Waals surface area contributed by atoms with Crippen LogP contribution in [0.15, 0.2) is 41.5 Å². The highest BCUT2D eigenvalue weighted by Gasteiger charge is 2.24. The molecule has 1 N–H and O–H groups in total. The lowest BCUT2D eigenvalue weighted by Gasteiger charge is -2.21. The van der Waals surface area contributed by atoms with Crippen LogP contribution >= 0.6 is 11.3 Å². The summed E-state index contributed by atoms with van der Waals surface area (Å²) >= 11 is 1.74. The molecule has 1 aromatic heterocycles. The van der Waals surface area contributed by atoms with Gasteiger partial charge in [-0.3, -0.25) is 4.99 Å². The molecular weight excluding hydrogens is 304 g/mol. The number of rotatable bonds is 4. The van der Waals surface area contributed by atoms with Crippen LogP contribution in [0.1, 0.15) is 21.9 Å². The average molecular weight is 328 g/mol. The Morgan fingerprint density at radius 1 is 1.39 bits per heavy atom. The van der Waals surface area contributed by atoms with Gasteiger partial charge in [0.15, 0.2) is 5.96 Å². The summed E-state index contributed by atoms with van der Waals surface area (Å²) in [4.78, 5) is 12.5. The van der Waals surface area contributed by atoms with Crippen molar-refractivity contribution in [2.45, 2.75) is 26.3 Å². The molecule has 2 aromatic rings. The highest BCUT2D eigenvalue weighted by molar-refractivity contribution is 7.11. The Morgan fingerprint density at radius 2 is 2.22 bits per heavy atom. The molecule has 0 spiro atoms. The maximum absolute atomic E-state index is 4.44. The number of hydrogen-bond acceptors (Lipinski definition) is 3. The molecule has 0 bridgehead atoms. The van der Waals surface area contributed by atoms with Crippen LogP contribution in [0.5, 0.6) is 0 Å². The Hall–Kier alpha value is -1.88. The number of aryl methyl sites for hydroxylation is 1. The number of guanidine groups is 1. The van der Waals surface area contributed by atoms with Crippen LogP contribution in [0.25, 0.3) is 0 Å². The van der Waals surface area contributed by atoms with Gasteiger partial charge in [-0.25, -0.2) is 4.98 Å². The van der Waals surface area contributed by atoms with Crippen LogP contribution in [-0.2, 0) is 13.0 Å². The molecule has 0 saturated carbocycles. The normalized spacial score (nSPS) is 18.4. The fourth-order valence-electron chi connectivity index (χ4n) is 3.11. The maximum Gasteiger partial charge on any atom is 0.194 e. The molecular formula is C18H24N4S. The van der Waals surface area contributed by atoms with Crippen LogP contribution in [0.3, 0.4) is 0 Å². The van der Waals surface area contributed by atoms with Crippen LogP contribution in [0, 0.1) is 12.8 Å². The van der Waals surface area contributed by atoms with Crippen LogP contribution in [0.2, 0.25) is 0 Å². The van der Waals surface area contributed by atoms with E-state index in [0.717, 1.165) is 37.0 Å². The molecule has 1 aliphatic rings. The zero-order valence-corrected chi connectivity index (χ0v) is 14.6. The zero-order valence-electron chi connectivity index (χ0n) is 13.8. The lowest BCUT2D eigenvalue weighted by Crippen LogP contribution is -2.39. The molecule has 122 valence electrons. The Kier molecular flexibility index (Phi) is 5.28. The van der Waals surface area contributed by atoms with Crippen molar-refractivity contribution in [2.24, 2.45) is 10.9 Å². The summed E-state index contributed by atoms with van der Waals surface area (Å²) in [5, 5.41) is 4.56. The van der Waals surface area contributed by atoms with Gasteiger partial charge in [0, 0.05) is 31.2 Å². The summed E-state index contributed by atoms with van der Waals surface area (Å²) in [6.07, 6.45) is 4.31. The largest absolute Gasteiger partial charge is 0.350 e. The molecule has 5 heteroatoms. The molecule has 0 radical (unpaired) electrons. The van der Waals surface area contributed by atoms with E-state index in [-0.39, 0.29) is 0 Å². The Labute approximate surface area is 142 Å². The summed E-state index contributed by atoms with van der Waals surface area (Å²) in [6.45, 7) is 5.00. The molecule has 1 aliphatic heterocycles. The molecule has 4 nitrogen and oxygen atoms in total. The second kappa shape index (κ2) is 7.59. The van der Waals surface area contributed by atoms with Crippen LogP contribution in [0.4, 0.5) is 0 Å². The van der Waals surface area contributed by atoms with Crippen molar-refractivity contribution in [1.82, 2.24) is 15.2 Å². The molecule has 1 aromatic carbocycles. The van der Waals surface area contributed by atoms with Crippen LogP contribution in [-0.4, -0.2) is 36.0 Å². The molecule has 0 amide bonds. The van der Waals surface area contributed by atoms with Crippen molar-refractivity contribution in [3.63, 3.8) is 0 Å². The molecule has 3 rings (SSSR count). The first-order chi connectivity index (χ1) is 11.2. The minimum Gasteiger partial charge on any atom is -0.350 e. The van der Waals surface area contributed by atoms with E-state index >= 15 is 0 Å². The van der Waals surface area contributed by atoms with Crippen molar-refractivity contribution in [3.05, 3.63) is 52.0 Å². The predicted molar refractivity (Wildman–Crippen MR) is 96.9 cm³/mol. The fraction of sp³-hybridized carbons (Fsp3) is 0.444. The van der Waals surface area contributed by atoms with E-state index in [2.05, 4.69) is 57.4 Å². The quantitative estimate of drug-likeness (QED) is 0.692. The minimum atomic E-state index is 0.707. The third-order valence-electron chi connectivity index (χ3n) is 4.23. The van der Waals surface area contributed by atoms with Gasteiger partial charge >= 0.3 is 0 Å². The van der Waals surface area contributed by atoms with Crippen molar-refractivity contribution >= 4 is 17.3 Å². The van der Waals surface area contributed by atoms with E-state index in [1.807, 2.05) is 13.2 Å². The van der Waals surface area contributed by atoms with Gasteiger partial charge in [0.05, 0.1) is 6.54 Å². The number of nitrogens with one attached hydrogen (secondary N) is 1. The van der Waals surface area contributed by atoms with Gasteiger partial charge < -0.3 is 10.2 Å². The van der Waals surface area contributed by atoms with Crippen molar-refractivity contribution in [1.29, 1.82) is 0 Å². The Balaban J connectivity index is 1.52. The second-order valence-electron chi connectivity index (χ2n) is 6.06. The van der Waals surface area contributed by atoms with E-state index in [0.29, 0.717) is 5.92 Å². The summed E-state index contributed by atoms with van der Waals surface area (Å²) in [5.74, 6) is 1.70. The minimum absolute atomic E-state index is 0.707. The van der Waals surface area contributed by atoms with Crippen molar-refractivity contribution in [2.75, 3.05) is 20.1 Å². The van der Waals surface area contributed by atoms with Gasteiger partial charge in [-0.1, -0.05) is 30.3 Å². The van der Waals surface area contributed by atoms with Gasteiger partial charge in [-0.2, -0.15) is 0 Å². The number of thiazole rings is 1. The molecule has 23 heavy (non-hydrogen) atoms. The molecule has 1 atom stereocenters. The van der Waals surface area contributed by atoms with E-state index in [9.17, 15) is 0 Å². The lowest BCUT2D eigenvalue weighted by atomic mass is 9.99. The molecule has 1 saturated heterocycles. The smallest absolute Gasteiger partial charge is 0.194 e.